The molecular weight excluding hydrogens is 452 g/mol. The highest BCUT2D eigenvalue weighted by Crippen LogP contribution is 2.37. The first-order valence-corrected chi connectivity index (χ1v) is 11.9. The van der Waals surface area contributed by atoms with Crippen LogP contribution in [0.5, 0.6) is 0 Å². The molecule has 0 saturated carbocycles. The first kappa shape index (κ1) is 23.5. The van der Waals surface area contributed by atoms with E-state index in [0.717, 1.165) is 22.5 Å². The van der Waals surface area contributed by atoms with E-state index in [2.05, 4.69) is 10.6 Å². The SMILES string of the molecule is O=C1c2cccc(Nc3ccc(CCO)cc3)c2C(=O)c2cccc(Nc3ccc(CCO)cc3)c21. The topological polar surface area (TPSA) is 98.7 Å². The van der Waals surface area contributed by atoms with Gasteiger partial charge < -0.3 is 20.8 Å². The van der Waals surface area contributed by atoms with Crippen molar-refractivity contribution in [2.24, 2.45) is 0 Å². The first-order chi connectivity index (χ1) is 17.6. The molecule has 0 spiro atoms. The Morgan fingerprint density at radius 3 is 1.28 bits per heavy atom. The minimum atomic E-state index is -0.207. The third kappa shape index (κ3) is 4.52. The smallest absolute Gasteiger partial charge is 0.196 e. The van der Waals surface area contributed by atoms with Gasteiger partial charge in [0.2, 0.25) is 0 Å². The Balaban J connectivity index is 1.47. The lowest BCUT2D eigenvalue weighted by atomic mass is 9.82. The van der Waals surface area contributed by atoms with Crippen molar-refractivity contribution in [3.63, 3.8) is 0 Å². The zero-order valence-corrected chi connectivity index (χ0v) is 19.6. The van der Waals surface area contributed by atoms with Crippen molar-refractivity contribution >= 4 is 34.3 Å². The summed E-state index contributed by atoms with van der Waals surface area (Å²) < 4.78 is 0. The maximum Gasteiger partial charge on any atom is 0.196 e. The number of ketones is 2. The summed E-state index contributed by atoms with van der Waals surface area (Å²) in [5.41, 5.74) is 6.20. The molecule has 5 rings (SSSR count). The highest BCUT2D eigenvalue weighted by atomic mass is 16.3. The fraction of sp³-hybridized carbons (Fsp3) is 0.133. The zero-order chi connectivity index (χ0) is 25.1. The molecular formula is C30H26N2O4. The minimum Gasteiger partial charge on any atom is -0.396 e. The van der Waals surface area contributed by atoms with Gasteiger partial charge in [-0.3, -0.25) is 9.59 Å². The van der Waals surface area contributed by atoms with E-state index in [-0.39, 0.29) is 24.8 Å². The number of rotatable bonds is 8. The third-order valence-electron chi connectivity index (χ3n) is 6.34. The Bertz CT molecular complexity index is 1320. The first-order valence-electron chi connectivity index (χ1n) is 11.9. The molecule has 180 valence electrons. The molecule has 0 aromatic heterocycles. The molecule has 1 aliphatic rings. The molecule has 4 aromatic rings. The molecule has 0 amide bonds. The molecule has 6 nitrogen and oxygen atoms in total. The molecule has 0 bridgehead atoms. The van der Waals surface area contributed by atoms with Gasteiger partial charge in [0, 0.05) is 35.7 Å². The summed E-state index contributed by atoms with van der Waals surface area (Å²) in [5, 5.41) is 24.8. The van der Waals surface area contributed by atoms with E-state index in [1.54, 1.807) is 36.4 Å². The summed E-state index contributed by atoms with van der Waals surface area (Å²) in [4.78, 5) is 27.3. The second-order valence-corrected chi connectivity index (χ2v) is 8.71. The molecule has 0 saturated heterocycles. The van der Waals surface area contributed by atoms with Crippen LogP contribution in [0.1, 0.15) is 43.0 Å². The van der Waals surface area contributed by atoms with Crippen molar-refractivity contribution < 1.29 is 19.8 Å². The van der Waals surface area contributed by atoms with Gasteiger partial charge in [0.05, 0.1) is 22.5 Å². The van der Waals surface area contributed by atoms with Crippen molar-refractivity contribution in [3.05, 3.63) is 118 Å². The van der Waals surface area contributed by atoms with Crippen LogP contribution >= 0.6 is 0 Å². The maximum atomic E-state index is 13.7. The Hall–Kier alpha value is -4.26. The number of carbonyl (C=O) groups is 2. The number of anilines is 4. The molecule has 0 fully saturated rings. The van der Waals surface area contributed by atoms with Crippen LogP contribution in [-0.2, 0) is 12.8 Å². The monoisotopic (exact) mass is 478 g/mol. The van der Waals surface area contributed by atoms with Crippen LogP contribution in [0.2, 0.25) is 0 Å². The standard InChI is InChI=1S/C30H26N2O4/c33-17-15-19-7-11-21(12-8-19)31-25-5-1-3-23-27(25)30(36)24-4-2-6-26(28(24)29(23)35)32-22-13-9-20(10-14-22)16-18-34/h1-14,31-34H,15-18H2. The fourth-order valence-corrected chi connectivity index (χ4v) is 4.53. The number of fused-ring (bicyclic) bond motifs is 2. The number of nitrogens with one attached hydrogen (secondary N) is 2. The van der Waals surface area contributed by atoms with Gasteiger partial charge in [-0.2, -0.15) is 0 Å². The average molecular weight is 479 g/mol. The molecule has 0 radical (unpaired) electrons. The predicted octanol–water partition coefficient (Wildman–Crippen LogP) is 5.02. The van der Waals surface area contributed by atoms with Gasteiger partial charge in [0.25, 0.3) is 0 Å². The predicted molar refractivity (Wildman–Crippen MR) is 141 cm³/mol. The van der Waals surface area contributed by atoms with E-state index in [0.29, 0.717) is 46.5 Å². The van der Waals surface area contributed by atoms with Gasteiger partial charge in [-0.05, 0) is 60.4 Å². The van der Waals surface area contributed by atoms with Crippen LogP contribution in [0.3, 0.4) is 0 Å². The zero-order valence-electron chi connectivity index (χ0n) is 19.6. The third-order valence-corrected chi connectivity index (χ3v) is 6.34. The lowest BCUT2D eigenvalue weighted by molar-refractivity contribution is 0.0980. The summed E-state index contributed by atoms with van der Waals surface area (Å²) in [6, 6.07) is 25.8. The number of hydrogen-bond acceptors (Lipinski definition) is 6. The van der Waals surface area contributed by atoms with E-state index in [1.807, 2.05) is 48.5 Å². The van der Waals surface area contributed by atoms with E-state index in [4.69, 9.17) is 10.2 Å². The van der Waals surface area contributed by atoms with Gasteiger partial charge >= 0.3 is 0 Å². The lowest BCUT2D eigenvalue weighted by Crippen LogP contribution is -2.23. The summed E-state index contributed by atoms with van der Waals surface area (Å²) in [7, 11) is 0. The molecule has 4 aromatic carbocycles. The van der Waals surface area contributed by atoms with Crippen molar-refractivity contribution in [2.75, 3.05) is 23.8 Å². The maximum absolute atomic E-state index is 13.7. The summed E-state index contributed by atoms with van der Waals surface area (Å²) in [6.45, 7) is 0.168. The molecule has 0 atom stereocenters. The lowest BCUT2D eigenvalue weighted by Gasteiger charge is -2.23. The van der Waals surface area contributed by atoms with Gasteiger partial charge in [-0.15, -0.1) is 0 Å². The van der Waals surface area contributed by atoms with Gasteiger partial charge in [-0.25, -0.2) is 0 Å². The van der Waals surface area contributed by atoms with E-state index in [9.17, 15) is 9.59 Å². The summed E-state index contributed by atoms with van der Waals surface area (Å²) in [6.07, 6.45) is 1.15. The second-order valence-electron chi connectivity index (χ2n) is 8.71. The molecule has 0 heterocycles. The quantitative estimate of drug-likeness (QED) is 0.250. The van der Waals surface area contributed by atoms with Crippen molar-refractivity contribution in [1.82, 2.24) is 0 Å². The highest BCUT2D eigenvalue weighted by Gasteiger charge is 2.33. The van der Waals surface area contributed by atoms with E-state index < -0.39 is 0 Å². The van der Waals surface area contributed by atoms with Crippen molar-refractivity contribution in [3.8, 4) is 0 Å². The number of aliphatic hydroxyl groups is 2. The number of benzene rings is 4. The number of carbonyl (C=O) groups excluding carboxylic acids is 2. The van der Waals surface area contributed by atoms with E-state index in [1.165, 1.54) is 0 Å². The summed E-state index contributed by atoms with van der Waals surface area (Å²) >= 11 is 0. The largest absolute Gasteiger partial charge is 0.396 e. The minimum absolute atomic E-state index is 0.0842. The van der Waals surface area contributed by atoms with Crippen LogP contribution < -0.4 is 10.6 Å². The second kappa shape index (κ2) is 10.2. The number of aliphatic hydroxyl groups excluding tert-OH is 2. The van der Waals surface area contributed by atoms with Crippen LogP contribution in [0.25, 0.3) is 0 Å². The van der Waals surface area contributed by atoms with E-state index >= 15 is 0 Å². The molecule has 6 heteroatoms. The molecule has 4 N–H and O–H groups in total. The number of hydrogen-bond donors (Lipinski definition) is 4. The summed E-state index contributed by atoms with van der Waals surface area (Å²) in [5.74, 6) is -0.414. The molecule has 0 aliphatic heterocycles. The highest BCUT2D eigenvalue weighted by molar-refractivity contribution is 6.32. The van der Waals surface area contributed by atoms with Crippen LogP contribution in [0.4, 0.5) is 22.7 Å². The molecule has 0 unspecified atom stereocenters. The average Bonchev–Trinajstić information content (AvgIpc) is 2.90. The van der Waals surface area contributed by atoms with Crippen LogP contribution in [0, 0.1) is 0 Å². The Morgan fingerprint density at radius 1 is 0.528 bits per heavy atom. The Morgan fingerprint density at radius 2 is 0.917 bits per heavy atom. The molecule has 1 aliphatic carbocycles. The van der Waals surface area contributed by atoms with Crippen LogP contribution in [-0.4, -0.2) is 35.0 Å². The van der Waals surface area contributed by atoms with Crippen molar-refractivity contribution in [1.29, 1.82) is 0 Å². The normalized spacial score (nSPS) is 12.2. The Labute approximate surface area is 209 Å². The van der Waals surface area contributed by atoms with Gasteiger partial charge in [-0.1, -0.05) is 48.5 Å². The fourth-order valence-electron chi connectivity index (χ4n) is 4.53. The molecule has 36 heavy (non-hydrogen) atoms. The van der Waals surface area contributed by atoms with Gasteiger partial charge in [0.15, 0.2) is 11.6 Å². The van der Waals surface area contributed by atoms with Crippen molar-refractivity contribution in [2.45, 2.75) is 12.8 Å². The Kier molecular flexibility index (Phi) is 6.62. The van der Waals surface area contributed by atoms with Gasteiger partial charge in [0.1, 0.15) is 0 Å². The van der Waals surface area contributed by atoms with Crippen LogP contribution in [0.15, 0.2) is 84.9 Å².